The highest BCUT2D eigenvalue weighted by Gasteiger charge is 2.20. The van der Waals surface area contributed by atoms with E-state index in [1.807, 2.05) is 13.0 Å². The quantitative estimate of drug-likeness (QED) is 0.651. The summed E-state index contributed by atoms with van der Waals surface area (Å²) in [4.78, 5) is 12.7. The second-order valence-corrected chi connectivity index (χ2v) is 3.95. The summed E-state index contributed by atoms with van der Waals surface area (Å²) in [6.45, 7) is 6.84. The first-order chi connectivity index (χ1) is 7.61. The van der Waals surface area contributed by atoms with Gasteiger partial charge in [0.05, 0.1) is 12.1 Å². The Morgan fingerprint density at radius 2 is 2.44 bits per heavy atom. The molecule has 1 aliphatic heterocycles. The highest BCUT2D eigenvalue weighted by atomic mass is 16.6. The van der Waals surface area contributed by atoms with Crippen molar-refractivity contribution >= 4 is 6.09 Å². The van der Waals surface area contributed by atoms with Crippen molar-refractivity contribution in [2.75, 3.05) is 20.3 Å². The van der Waals surface area contributed by atoms with E-state index < -0.39 is 0 Å². The number of ether oxygens (including phenoxy) is 2. The SMILES string of the molecule is C=CC(C)(CC/C=C/N1CCOC1=O)OC. The molecule has 0 spiro atoms. The van der Waals surface area contributed by atoms with E-state index in [1.165, 1.54) is 0 Å². The van der Waals surface area contributed by atoms with Crippen molar-refractivity contribution in [3.05, 3.63) is 24.9 Å². The van der Waals surface area contributed by atoms with Crippen LogP contribution in [0.15, 0.2) is 24.9 Å². The summed E-state index contributed by atoms with van der Waals surface area (Å²) < 4.78 is 10.1. The zero-order valence-electron chi connectivity index (χ0n) is 9.94. The molecule has 4 nitrogen and oxygen atoms in total. The molecule has 1 heterocycles. The van der Waals surface area contributed by atoms with E-state index in [-0.39, 0.29) is 11.7 Å². The normalized spacial score (nSPS) is 19.9. The Morgan fingerprint density at radius 3 is 2.94 bits per heavy atom. The number of methoxy groups -OCH3 is 1. The second kappa shape index (κ2) is 5.70. The van der Waals surface area contributed by atoms with Crippen LogP contribution in [0.25, 0.3) is 0 Å². The molecule has 4 heteroatoms. The number of carbonyl (C=O) groups excluding carboxylic acids is 1. The Hall–Kier alpha value is -1.29. The third-order valence-corrected chi connectivity index (χ3v) is 2.78. The molecule has 1 atom stereocenters. The summed E-state index contributed by atoms with van der Waals surface area (Å²) in [5.41, 5.74) is -0.296. The highest BCUT2D eigenvalue weighted by molar-refractivity contribution is 5.70. The lowest BCUT2D eigenvalue weighted by atomic mass is 10.0. The van der Waals surface area contributed by atoms with Gasteiger partial charge in [-0.2, -0.15) is 0 Å². The molecular weight excluding hydrogens is 206 g/mol. The number of cyclic esters (lactones) is 1. The van der Waals surface area contributed by atoms with Crippen LogP contribution < -0.4 is 0 Å². The molecule has 0 aliphatic carbocycles. The van der Waals surface area contributed by atoms with Gasteiger partial charge in [0.25, 0.3) is 0 Å². The Morgan fingerprint density at radius 1 is 1.69 bits per heavy atom. The zero-order chi connectivity index (χ0) is 12.0. The lowest BCUT2D eigenvalue weighted by Crippen LogP contribution is -2.23. The van der Waals surface area contributed by atoms with Gasteiger partial charge in [0.2, 0.25) is 0 Å². The van der Waals surface area contributed by atoms with E-state index in [9.17, 15) is 4.79 Å². The van der Waals surface area contributed by atoms with E-state index in [2.05, 4.69) is 6.58 Å². The third kappa shape index (κ3) is 3.38. The minimum Gasteiger partial charge on any atom is -0.447 e. The van der Waals surface area contributed by atoms with Crippen LogP contribution in [-0.4, -0.2) is 36.9 Å². The first-order valence-corrected chi connectivity index (χ1v) is 5.40. The lowest BCUT2D eigenvalue weighted by Gasteiger charge is -2.23. The predicted molar refractivity (Wildman–Crippen MR) is 62.0 cm³/mol. The smallest absolute Gasteiger partial charge is 0.413 e. The first-order valence-electron chi connectivity index (χ1n) is 5.40. The van der Waals surface area contributed by atoms with E-state index >= 15 is 0 Å². The Labute approximate surface area is 96.5 Å². The molecule has 0 aromatic carbocycles. The molecule has 1 amide bonds. The average Bonchev–Trinajstić information content (AvgIpc) is 2.70. The van der Waals surface area contributed by atoms with E-state index in [1.54, 1.807) is 24.3 Å². The molecule has 0 aromatic heterocycles. The van der Waals surface area contributed by atoms with E-state index in [0.29, 0.717) is 13.2 Å². The number of hydrogen-bond acceptors (Lipinski definition) is 3. The van der Waals surface area contributed by atoms with Crippen LogP contribution in [0.1, 0.15) is 19.8 Å². The summed E-state index contributed by atoms with van der Waals surface area (Å²) >= 11 is 0. The van der Waals surface area contributed by atoms with Crippen molar-refractivity contribution in [3.63, 3.8) is 0 Å². The van der Waals surface area contributed by atoms with Gasteiger partial charge in [-0.1, -0.05) is 12.2 Å². The molecule has 0 bridgehead atoms. The monoisotopic (exact) mass is 225 g/mol. The molecule has 1 unspecified atom stereocenters. The van der Waals surface area contributed by atoms with Crippen molar-refractivity contribution in [1.29, 1.82) is 0 Å². The van der Waals surface area contributed by atoms with Gasteiger partial charge in [0.15, 0.2) is 0 Å². The summed E-state index contributed by atoms with van der Waals surface area (Å²) in [6.07, 6.45) is 6.92. The van der Waals surface area contributed by atoms with Crippen molar-refractivity contribution in [2.45, 2.75) is 25.4 Å². The molecule has 1 aliphatic rings. The number of rotatable bonds is 6. The van der Waals surface area contributed by atoms with Gasteiger partial charge in [-0.05, 0) is 19.8 Å². The minimum absolute atomic E-state index is 0.269. The Bertz CT molecular complexity index is 288. The van der Waals surface area contributed by atoms with Gasteiger partial charge in [-0.3, -0.25) is 4.90 Å². The number of carbonyl (C=O) groups is 1. The molecule has 90 valence electrons. The zero-order valence-corrected chi connectivity index (χ0v) is 9.94. The fourth-order valence-corrected chi connectivity index (χ4v) is 1.40. The van der Waals surface area contributed by atoms with Gasteiger partial charge in [0, 0.05) is 13.3 Å². The van der Waals surface area contributed by atoms with Crippen LogP contribution in [0, 0.1) is 0 Å². The largest absolute Gasteiger partial charge is 0.447 e. The Kier molecular flexibility index (Phi) is 4.55. The topological polar surface area (TPSA) is 38.8 Å². The van der Waals surface area contributed by atoms with E-state index in [0.717, 1.165) is 12.8 Å². The van der Waals surface area contributed by atoms with Crippen molar-refractivity contribution in [3.8, 4) is 0 Å². The summed E-state index contributed by atoms with van der Waals surface area (Å²) in [5, 5.41) is 0. The maximum atomic E-state index is 11.1. The molecular formula is C12H19NO3. The van der Waals surface area contributed by atoms with Crippen molar-refractivity contribution in [1.82, 2.24) is 4.90 Å². The Balaban J connectivity index is 2.32. The number of hydrogen-bond donors (Lipinski definition) is 0. The van der Waals surface area contributed by atoms with Crippen molar-refractivity contribution in [2.24, 2.45) is 0 Å². The van der Waals surface area contributed by atoms with Crippen LogP contribution in [0.2, 0.25) is 0 Å². The fourth-order valence-electron chi connectivity index (χ4n) is 1.40. The summed E-state index contributed by atoms with van der Waals surface area (Å²) in [7, 11) is 1.67. The fraction of sp³-hybridized carbons (Fsp3) is 0.583. The van der Waals surface area contributed by atoms with E-state index in [4.69, 9.17) is 9.47 Å². The van der Waals surface area contributed by atoms with Crippen molar-refractivity contribution < 1.29 is 14.3 Å². The molecule has 1 rings (SSSR count). The van der Waals surface area contributed by atoms with Gasteiger partial charge < -0.3 is 9.47 Å². The van der Waals surface area contributed by atoms with Gasteiger partial charge in [-0.15, -0.1) is 6.58 Å². The molecule has 0 saturated carbocycles. The van der Waals surface area contributed by atoms with Crippen LogP contribution in [0.4, 0.5) is 4.79 Å². The van der Waals surface area contributed by atoms with Crippen LogP contribution in [-0.2, 0) is 9.47 Å². The van der Waals surface area contributed by atoms with Crippen LogP contribution in [0.3, 0.4) is 0 Å². The lowest BCUT2D eigenvalue weighted by molar-refractivity contribution is 0.0425. The molecule has 1 saturated heterocycles. The highest BCUT2D eigenvalue weighted by Crippen LogP contribution is 2.18. The maximum absolute atomic E-state index is 11.1. The number of allylic oxidation sites excluding steroid dienone is 1. The summed E-state index contributed by atoms with van der Waals surface area (Å²) in [5.74, 6) is 0. The van der Waals surface area contributed by atoms with Gasteiger partial charge in [-0.25, -0.2) is 4.79 Å². The van der Waals surface area contributed by atoms with Gasteiger partial charge >= 0.3 is 6.09 Å². The second-order valence-electron chi connectivity index (χ2n) is 3.95. The number of amides is 1. The molecule has 0 N–H and O–H groups in total. The van der Waals surface area contributed by atoms with Crippen LogP contribution in [0.5, 0.6) is 0 Å². The predicted octanol–water partition coefficient (Wildman–Crippen LogP) is 2.32. The standard InChI is InChI=1S/C12H19NO3/c1-4-12(2,15-3)7-5-6-8-13-9-10-16-11(13)14/h4,6,8H,1,5,7,9-10H2,2-3H3/b8-6+. The maximum Gasteiger partial charge on any atom is 0.413 e. The summed E-state index contributed by atoms with van der Waals surface area (Å²) in [6, 6.07) is 0. The third-order valence-electron chi connectivity index (χ3n) is 2.78. The molecule has 16 heavy (non-hydrogen) atoms. The molecule has 1 fully saturated rings. The van der Waals surface area contributed by atoms with Gasteiger partial charge in [0.1, 0.15) is 6.61 Å². The average molecular weight is 225 g/mol. The minimum atomic E-state index is -0.296. The first kappa shape index (κ1) is 12.8. The molecule has 0 radical (unpaired) electrons. The molecule has 0 aromatic rings. The van der Waals surface area contributed by atoms with Crippen LogP contribution >= 0.6 is 0 Å². The number of nitrogens with zero attached hydrogens (tertiary/aromatic N) is 1.